The summed E-state index contributed by atoms with van der Waals surface area (Å²) in [6, 6.07) is 5.15. The molecule has 5 nitrogen and oxygen atoms in total. The van der Waals surface area contributed by atoms with Crippen LogP contribution in [-0.4, -0.2) is 17.6 Å². The summed E-state index contributed by atoms with van der Waals surface area (Å²) < 4.78 is 5.70. The van der Waals surface area contributed by atoms with Gasteiger partial charge >= 0.3 is 5.69 Å². The molecule has 0 fully saturated rings. The molecular formula is C14H22N2O3. The second kappa shape index (κ2) is 7.74. The lowest BCUT2D eigenvalue weighted by Crippen LogP contribution is -2.15. The van der Waals surface area contributed by atoms with Crippen molar-refractivity contribution in [3.63, 3.8) is 0 Å². The molecule has 1 N–H and O–H groups in total. The summed E-state index contributed by atoms with van der Waals surface area (Å²) in [6.45, 7) is 7.49. The molecule has 5 heteroatoms. The number of nitrogens with zero attached hydrogens (tertiary/aromatic N) is 1. The van der Waals surface area contributed by atoms with Crippen molar-refractivity contribution in [3.05, 3.63) is 33.9 Å². The summed E-state index contributed by atoms with van der Waals surface area (Å²) in [5, 5.41) is 14.3. The van der Waals surface area contributed by atoms with E-state index in [1.54, 1.807) is 12.1 Å². The summed E-state index contributed by atoms with van der Waals surface area (Å²) >= 11 is 0. The third-order valence-corrected chi connectivity index (χ3v) is 3.00. The Balaban J connectivity index is 2.94. The Morgan fingerprint density at radius 2 is 2.00 bits per heavy atom. The van der Waals surface area contributed by atoms with Crippen molar-refractivity contribution in [1.29, 1.82) is 0 Å². The van der Waals surface area contributed by atoms with Crippen LogP contribution in [-0.2, 0) is 6.54 Å². The monoisotopic (exact) mass is 266 g/mol. The molecule has 0 saturated heterocycles. The fraction of sp³-hybridized carbons (Fsp3) is 0.571. The van der Waals surface area contributed by atoms with Crippen molar-refractivity contribution >= 4 is 5.69 Å². The highest BCUT2D eigenvalue weighted by atomic mass is 16.6. The van der Waals surface area contributed by atoms with E-state index in [9.17, 15) is 10.1 Å². The van der Waals surface area contributed by atoms with E-state index in [1.165, 1.54) is 0 Å². The molecule has 1 aromatic rings. The van der Waals surface area contributed by atoms with Crippen LogP contribution in [0.2, 0.25) is 0 Å². The summed E-state index contributed by atoms with van der Waals surface area (Å²) in [5.41, 5.74) is 0.938. The number of rotatable bonds is 8. The van der Waals surface area contributed by atoms with Crippen LogP contribution in [0.5, 0.6) is 5.75 Å². The minimum absolute atomic E-state index is 0.0262. The van der Waals surface area contributed by atoms with Gasteiger partial charge in [-0.2, -0.15) is 0 Å². The maximum absolute atomic E-state index is 11.1. The predicted octanol–water partition coefficient (Wildman–Crippen LogP) is 3.27. The molecule has 0 aliphatic carbocycles. The minimum Gasteiger partial charge on any atom is -0.484 e. The largest absolute Gasteiger partial charge is 0.484 e. The minimum atomic E-state index is -0.382. The third kappa shape index (κ3) is 4.52. The van der Waals surface area contributed by atoms with Crippen LogP contribution in [0, 0.1) is 10.1 Å². The van der Waals surface area contributed by atoms with E-state index < -0.39 is 0 Å². The number of ether oxygens (including phenoxy) is 1. The number of hydrogen-bond acceptors (Lipinski definition) is 4. The SMILES string of the molecule is CCNCc1ccc(OC(CC)CC)c([N+](=O)[O-])c1. The van der Waals surface area contributed by atoms with Crippen LogP contribution < -0.4 is 10.1 Å². The first-order valence-electron chi connectivity index (χ1n) is 6.77. The van der Waals surface area contributed by atoms with Gasteiger partial charge in [-0.3, -0.25) is 10.1 Å². The number of hydrogen-bond donors (Lipinski definition) is 1. The van der Waals surface area contributed by atoms with E-state index in [0.717, 1.165) is 24.9 Å². The molecule has 0 aliphatic heterocycles. The molecule has 19 heavy (non-hydrogen) atoms. The van der Waals surface area contributed by atoms with Crippen molar-refractivity contribution in [2.75, 3.05) is 6.54 Å². The van der Waals surface area contributed by atoms with E-state index in [1.807, 2.05) is 26.8 Å². The molecule has 0 amide bonds. The van der Waals surface area contributed by atoms with Gasteiger partial charge in [0, 0.05) is 12.6 Å². The van der Waals surface area contributed by atoms with Gasteiger partial charge in [0.1, 0.15) is 0 Å². The molecule has 1 rings (SSSR count). The molecule has 0 bridgehead atoms. The smallest absolute Gasteiger partial charge is 0.311 e. The average Bonchev–Trinajstić information content (AvgIpc) is 2.42. The molecular weight excluding hydrogens is 244 g/mol. The molecule has 0 unspecified atom stereocenters. The third-order valence-electron chi connectivity index (χ3n) is 3.00. The second-order valence-corrected chi connectivity index (χ2v) is 4.40. The topological polar surface area (TPSA) is 64.4 Å². The first kappa shape index (κ1) is 15.4. The van der Waals surface area contributed by atoms with Crippen molar-refractivity contribution in [3.8, 4) is 5.75 Å². The lowest BCUT2D eigenvalue weighted by Gasteiger charge is -2.16. The number of nitrogens with one attached hydrogen (secondary N) is 1. The van der Waals surface area contributed by atoms with Gasteiger partial charge in [0.25, 0.3) is 0 Å². The zero-order valence-corrected chi connectivity index (χ0v) is 11.8. The Kier molecular flexibility index (Phi) is 6.29. The number of nitro groups is 1. The first-order chi connectivity index (χ1) is 9.12. The lowest BCUT2D eigenvalue weighted by molar-refractivity contribution is -0.386. The Hall–Kier alpha value is -1.62. The Bertz CT molecular complexity index is 417. The number of benzene rings is 1. The van der Waals surface area contributed by atoms with Crippen molar-refractivity contribution in [2.45, 2.75) is 46.3 Å². The van der Waals surface area contributed by atoms with Crippen LogP contribution in [0.25, 0.3) is 0 Å². The van der Waals surface area contributed by atoms with Gasteiger partial charge < -0.3 is 10.1 Å². The van der Waals surface area contributed by atoms with Gasteiger partial charge in [-0.1, -0.05) is 26.8 Å². The lowest BCUT2D eigenvalue weighted by atomic mass is 10.1. The maximum atomic E-state index is 11.1. The van der Waals surface area contributed by atoms with Crippen LogP contribution >= 0.6 is 0 Å². The molecule has 1 aromatic carbocycles. The fourth-order valence-corrected chi connectivity index (χ4v) is 1.82. The van der Waals surface area contributed by atoms with E-state index in [0.29, 0.717) is 12.3 Å². The van der Waals surface area contributed by atoms with Gasteiger partial charge in [0.15, 0.2) is 5.75 Å². The molecule has 0 atom stereocenters. The predicted molar refractivity (Wildman–Crippen MR) is 75.5 cm³/mol. The quantitative estimate of drug-likeness (QED) is 0.579. The van der Waals surface area contributed by atoms with E-state index in [2.05, 4.69) is 5.32 Å². The van der Waals surface area contributed by atoms with Crippen molar-refractivity contribution in [1.82, 2.24) is 5.32 Å². The second-order valence-electron chi connectivity index (χ2n) is 4.40. The highest BCUT2D eigenvalue weighted by Crippen LogP contribution is 2.29. The molecule has 0 spiro atoms. The van der Waals surface area contributed by atoms with Crippen LogP contribution in [0.4, 0.5) is 5.69 Å². The Morgan fingerprint density at radius 1 is 1.32 bits per heavy atom. The summed E-state index contributed by atoms with van der Waals surface area (Å²) in [5.74, 6) is 0.360. The van der Waals surface area contributed by atoms with E-state index >= 15 is 0 Å². The normalized spacial score (nSPS) is 10.7. The average molecular weight is 266 g/mol. The molecule has 0 heterocycles. The van der Waals surface area contributed by atoms with Gasteiger partial charge in [0.05, 0.1) is 11.0 Å². The molecule has 0 radical (unpaired) electrons. The summed E-state index contributed by atoms with van der Waals surface area (Å²) in [6.07, 6.45) is 1.71. The summed E-state index contributed by atoms with van der Waals surface area (Å²) in [4.78, 5) is 10.7. The van der Waals surface area contributed by atoms with Crippen LogP contribution in [0.1, 0.15) is 39.2 Å². The molecule has 0 aliphatic rings. The fourth-order valence-electron chi connectivity index (χ4n) is 1.82. The number of nitro benzene ring substituents is 1. The Labute approximate surface area is 114 Å². The Morgan fingerprint density at radius 3 is 2.53 bits per heavy atom. The molecule has 0 saturated carbocycles. The summed E-state index contributed by atoms with van der Waals surface area (Å²) in [7, 11) is 0. The highest BCUT2D eigenvalue weighted by Gasteiger charge is 2.18. The van der Waals surface area contributed by atoms with Gasteiger partial charge in [0.2, 0.25) is 0 Å². The van der Waals surface area contributed by atoms with Gasteiger partial charge in [-0.25, -0.2) is 0 Å². The van der Waals surface area contributed by atoms with Crippen LogP contribution in [0.3, 0.4) is 0 Å². The zero-order valence-electron chi connectivity index (χ0n) is 11.8. The first-order valence-corrected chi connectivity index (χ1v) is 6.77. The van der Waals surface area contributed by atoms with Crippen molar-refractivity contribution < 1.29 is 9.66 Å². The molecule has 0 aromatic heterocycles. The standard InChI is InChI=1S/C14H22N2O3/c1-4-12(5-2)19-14-8-7-11(10-15-6-3)9-13(14)16(17)18/h7-9,12,15H,4-6,10H2,1-3H3. The zero-order chi connectivity index (χ0) is 14.3. The van der Waals surface area contributed by atoms with E-state index in [4.69, 9.17) is 4.74 Å². The van der Waals surface area contributed by atoms with Gasteiger partial charge in [-0.15, -0.1) is 0 Å². The highest BCUT2D eigenvalue weighted by molar-refractivity contribution is 5.48. The van der Waals surface area contributed by atoms with E-state index in [-0.39, 0.29) is 16.7 Å². The maximum Gasteiger partial charge on any atom is 0.311 e. The van der Waals surface area contributed by atoms with Gasteiger partial charge in [-0.05, 0) is 31.0 Å². The van der Waals surface area contributed by atoms with Crippen LogP contribution in [0.15, 0.2) is 18.2 Å². The van der Waals surface area contributed by atoms with Crippen molar-refractivity contribution in [2.24, 2.45) is 0 Å². The molecule has 106 valence electrons.